The van der Waals surface area contributed by atoms with Crippen LogP contribution in [0.4, 0.5) is 11.6 Å². The first-order chi connectivity index (χ1) is 13.2. The maximum Gasteiger partial charge on any atom is 0.227 e. The van der Waals surface area contributed by atoms with E-state index < -0.39 is 0 Å². The Morgan fingerprint density at radius 3 is 2.30 bits per heavy atom. The smallest absolute Gasteiger partial charge is 0.227 e. The topological polar surface area (TPSA) is 89.3 Å². The summed E-state index contributed by atoms with van der Waals surface area (Å²) < 4.78 is 16.0. The van der Waals surface area contributed by atoms with Crippen LogP contribution in [0.25, 0.3) is 11.3 Å². The fraction of sp³-hybridized carbons (Fsp3) is 0.150. The summed E-state index contributed by atoms with van der Waals surface area (Å²) in [5.41, 5.74) is 2.62. The van der Waals surface area contributed by atoms with E-state index in [0.29, 0.717) is 40.1 Å². The fourth-order valence-corrected chi connectivity index (χ4v) is 2.66. The predicted molar refractivity (Wildman–Crippen MR) is 102 cm³/mol. The normalized spacial score (nSPS) is 10.0. The molecular weight excluding hydrogens is 344 g/mol. The molecule has 2 aromatic carbocycles. The van der Waals surface area contributed by atoms with Gasteiger partial charge in [0.1, 0.15) is 0 Å². The van der Waals surface area contributed by atoms with Crippen LogP contribution < -0.4 is 19.5 Å². The van der Waals surface area contributed by atoms with Gasteiger partial charge in [0.2, 0.25) is 11.7 Å². The largest absolute Gasteiger partial charge is 0.493 e. The van der Waals surface area contributed by atoms with Crippen molar-refractivity contribution < 1.29 is 14.2 Å². The molecule has 1 aromatic heterocycles. The van der Waals surface area contributed by atoms with E-state index in [1.807, 2.05) is 18.2 Å². The highest BCUT2D eigenvalue weighted by atomic mass is 16.5. The molecule has 0 aliphatic rings. The number of methoxy groups -OCH3 is 3. The lowest BCUT2D eigenvalue weighted by molar-refractivity contribution is 0.324. The van der Waals surface area contributed by atoms with E-state index >= 15 is 0 Å². The third-order valence-electron chi connectivity index (χ3n) is 3.90. The van der Waals surface area contributed by atoms with Crippen LogP contribution in [0, 0.1) is 11.3 Å². The molecule has 3 rings (SSSR count). The number of hydrogen-bond acceptors (Lipinski definition) is 7. The molecule has 0 saturated carbocycles. The van der Waals surface area contributed by atoms with Crippen molar-refractivity contribution in [2.24, 2.45) is 0 Å². The second-order valence-electron chi connectivity index (χ2n) is 5.46. The van der Waals surface area contributed by atoms with Crippen molar-refractivity contribution in [1.82, 2.24) is 9.97 Å². The fourth-order valence-electron chi connectivity index (χ4n) is 2.66. The average molecular weight is 362 g/mol. The molecule has 3 aromatic rings. The Morgan fingerprint density at radius 1 is 0.963 bits per heavy atom. The number of nitrogens with zero attached hydrogens (tertiary/aromatic N) is 3. The van der Waals surface area contributed by atoms with Crippen LogP contribution >= 0.6 is 0 Å². The second-order valence-corrected chi connectivity index (χ2v) is 5.46. The lowest BCUT2D eigenvalue weighted by atomic mass is 10.1. The molecule has 0 amide bonds. The molecule has 1 N–H and O–H groups in total. The third kappa shape index (κ3) is 3.75. The third-order valence-corrected chi connectivity index (χ3v) is 3.90. The van der Waals surface area contributed by atoms with Gasteiger partial charge in [-0.05, 0) is 12.1 Å². The van der Waals surface area contributed by atoms with Gasteiger partial charge < -0.3 is 19.5 Å². The van der Waals surface area contributed by atoms with E-state index in [-0.39, 0.29) is 0 Å². The molecule has 0 saturated heterocycles. The van der Waals surface area contributed by atoms with Gasteiger partial charge in [0.05, 0.1) is 38.7 Å². The summed E-state index contributed by atoms with van der Waals surface area (Å²) in [7, 11) is 4.65. The monoisotopic (exact) mass is 362 g/mol. The first-order valence-electron chi connectivity index (χ1n) is 8.09. The van der Waals surface area contributed by atoms with Gasteiger partial charge in [-0.2, -0.15) is 5.26 Å². The van der Waals surface area contributed by atoms with E-state index in [9.17, 15) is 5.26 Å². The van der Waals surface area contributed by atoms with Crippen LogP contribution in [0.15, 0.2) is 48.7 Å². The molecule has 0 spiro atoms. The zero-order chi connectivity index (χ0) is 19.2. The van der Waals surface area contributed by atoms with E-state index in [1.165, 1.54) is 0 Å². The van der Waals surface area contributed by atoms with Crippen molar-refractivity contribution in [2.75, 3.05) is 26.6 Å². The van der Waals surface area contributed by atoms with Crippen molar-refractivity contribution in [3.63, 3.8) is 0 Å². The number of ether oxygens (including phenoxy) is 3. The average Bonchev–Trinajstić information content (AvgIpc) is 2.73. The minimum Gasteiger partial charge on any atom is -0.493 e. The predicted octanol–water partition coefficient (Wildman–Crippen LogP) is 3.78. The Labute approximate surface area is 157 Å². The number of aromatic nitrogens is 2. The molecule has 7 nitrogen and oxygen atoms in total. The van der Waals surface area contributed by atoms with Gasteiger partial charge in [-0.25, -0.2) is 9.97 Å². The number of anilines is 2. The number of rotatable bonds is 6. The molecule has 0 aliphatic carbocycles. The van der Waals surface area contributed by atoms with Crippen molar-refractivity contribution in [3.05, 3.63) is 54.2 Å². The Hall–Kier alpha value is -3.79. The van der Waals surface area contributed by atoms with Crippen LogP contribution in [-0.2, 0) is 0 Å². The van der Waals surface area contributed by atoms with Gasteiger partial charge in [0.15, 0.2) is 11.5 Å². The number of nitrogens with one attached hydrogen (secondary N) is 1. The second kappa shape index (κ2) is 8.06. The summed E-state index contributed by atoms with van der Waals surface area (Å²) in [4.78, 5) is 8.77. The van der Waals surface area contributed by atoms with E-state index in [1.54, 1.807) is 51.8 Å². The molecule has 0 bridgehead atoms. The molecule has 0 radical (unpaired) electrons. The molecule has 136 valence electrons. The van der Waals surface area contributed by atoms with Gasteiger partial charge in [-0.1, -0.05) is 18.2 Å². The van der Waals surface area contributed by atoms with Gasteiger partial charge in [-0.3, -0.25) is 0 Å². The first-order valence-corrected chi connectivity index (χ1v) is 8.09. The maximum atomic E-state index is 9.30. The summed E-state index contributed by atoms with van der Waals surface area (Å²) >= 11 is 0. The summed E-state index contributed by atoms with van der Waals surface area (Å²) in [6, 6.07) is 14.8. The van der Waals surface area contributed by atoms with Gasteiger partial charge in [-0.15, -0.1) is 0 Å². The highest BCUT2D eigenvalue weighted by molar-refractivity contribution is 5.69. The summed E-state index contributed by atoms with van der Waals surface area (Å²) in [6.07, 6.45) is 1.64. The van der Waals surface area contributed by atoms with Crippen LogP contribution in [0.5, 0.6) is 17.2 Å². The lowest BCUT2D eigenvalue weighted by Crippen LogP contribution is -2.01. The molecule has 7 heteroatoms. The SMILES string of the molecule is COc1cc(Nc2nccc(-c3ccccc3C#N)n2)cc(OC)c1OC. The minimum atomic E-state index is 0.384. The Morgan fingerprint density at radius 2 is 1.67 bits per heavy atom. The molecule has 0 aliphatic heterocycles. The molecule has 0 atom stereocenters. The Kier molecular flexibility index (Phi) is 5.38. The zero-order valence-corrected chi connectivity index (χ0v) is 15.2. The molecule has 1 heterocycles. The van der Waals surface area contributed by atoms with Crippen LogP contribution in [0.1, 0.15) is 5.56 Å². The van der Waals surface area contributed by atoms with E-state index in [4.69, 9.17) is 14.2 Å². The summed E-state index contributed by atoms with van der Waals surface area (Å²) in [6.45, 7) is 0. The molecule has 0 unspecified atom stereocenters. The first kappa shape index (κ1) is 18.0. The molecular formula is C20H18N4O3. The van der Waals surface area contributed by atoms with Crippen LogP contribution in [-0.4, -0.2) is 31.3 Å². The van der Waals surface area contributed by atoms with E-state index in [0.717, 1.165) is 5.56 Å². The van der Waals surface area contributed by atoms with Crippen molar-refractivity contribution >= 4 is 11.6 Å². The maximum absolute atomic E-state index is 9.30. The Balaban J connectivity index is 1.97. The van der Waals surface area contributed by atoms with Gasteiger partial charge in [0, 0.05) is 29.6 Å². The standard InChI is InChI=1S/C20H18N4O3/c1-25-17-10-14(11-18(26-2)19(17)27-3)23-20-22-9-8-16(24-20)15-7-5-4-6-13(15)12-21/h4-11H,1-3H3,(H,22,23,24). The minimum absolute atomic E-state index is 0.384. The highest BCUT2D eigenvalue weighted by Gasteiger charge is 2.14. The molecule has 0 fully saturated rings. The number of nitriles is 1. The quantitative estimate of drug-likeness (QED) is 0.713. The number of benzene rings is 2. The van der Waals surface area contributed by atoms with Crippen LogP contribution in [0.3, 0.4) is 0 Å². The molecule has 27 heavy (non-hydrogen) atoms. The lowest BCUT2D eigenvalue weighted by Gasteiger charge is -2.14. The highest BCUT2D eigenvalue weighted by Crippen LogP contribution is 2.40. The summed E-state index contributed by atoms with van der Waals surface area (Å²) in [5.74, 6) is 1.92. The van der Waals surface area contributed by atoms with E-state index in [2.05, 4.69) is 21.4 Å². The summed E-state index contributed by atoms with van der Waals surface area (Å²) in [5, 5.41) is 12.4. The van der Waals surface area contributed by atoms with Crippen LogP contribution in [0.2, 0.25) is 0 Å². The van der Waals surface area contributed by atoms with Crippen molar-refractivity contribution in [2.45, 2.75) is 0 Å². The number of hydrogen-bond donors (Lipinski definition) is 1. The van der Waals surface area contributed by atoms with Crippen molar-refractivity contribution in [1.29, 1.82) is 5.26 Å². The van der Waals surface area contributed by atoms with Gasteiger partial charge in [0.25, 0.3) is 0 Å². The zero-order valence-electron chi connectivity index (χ0n) is 15.2. The van der Waals surface area contributed by atoms with Gasteiger partial charge >= 0.3 is 0 Å². The Bertz CT molecular complexity index is 974. The van der Waals surface area contributed by atoms with Crippen molar-refractivity contribution in [3.8, 4) is 34.6 Å².